The van der Waals surface area contributed by atoms with Crippen LogP contribution in [0.25, 0.3) is 16.7 Å². The molecule has 0 bridgehead atoms. The Labute approximate surface area is 199 Å². The van der Waals surface area contributed by atoms with Gasteiger partial charge in [0.1, 0.15) is 18.7 Å². The first-order valence-electron chi connectivity index (χ1n) is 10.5. The fourth-order valence-corrected chi connectivity index (χ4v) is 3.90. The molecule has 176 valence electrons. The first-order valence-corrected chi connectivity index (χ1v) is 11.4. The number of aromatic nitrogens is 2. The van der Waals surface area contributed by atoms with Gasteiger partial charge in [0.25, 0.3) is 5.91 Å². The first kappa shape index (κ1) is 23.7. The molecule has 0 saturated carbocycles. The Morgan fingerprint density at radius 1 is 1.06 bits per heavy atom. The fourth-order valence-electron chi connectivity index (χ4n) is 3.36. The average Bonchev–Trinajstić information content (AvgIpc) is 3.21. The highest BCUT2D eigenvalue weighted by Crippen LogP contribution is 2.36. The van der Waals surface area contributed by atoms with Gasteiger partial charge in [0, 0.05) is 22.2 Å². The van der Waals surface area contributed by atoms with E-state index < -0.39 is 5.51 Å². The smallest absolute Gasteiger partial charge is 0.446 e. The number of thioether (sulfide) groups is 1. The Bertz CT molecular complexity index is 1280. The van der Waals surface area contributed by atoms with Gasteiger partial charge in [-0.25, -0.2) is 4.98 Å². The first-order chi connectivity index (χ1) is 16.2. The summed E-state index contributed by atoms with van der Waals surface area (Å²) < 4.78 is 45.0. The maximum absolute atomic E-state index is 12.4. The van der Waals surface area contributed by atoms with Crippen LogP contribution < -0.4 is 10.1 Å². The zero-order valence-electron chi connectivity index (χ0n) is 18.5. The van der Waals surface area contributed by atoms with Crippen molar-refractivity contribution in [2.24, 2.45) is 0 Å². The molecule has 0 unspecified atom stereocenters. The topological polar surface area (TPSA) is 56.2 Å². The van der Waals surface area contributed by atoms with Crippen molar-refractivity contribution in [3.63, 3.8) is 0 Å². The van der Waals surface area contributed by atoms with Crippen LogP contribution in [-0.2, 0) is 6.61 Å². The van der Waals surface area contributed by atoms with Crippen molar-refractivity contribution in [3.05, 3.63) is 84.2 Å². The van der Waals surface area contributed by atoms with Crippen molar-refractivity contribution in [3.8, 4) is 11.4 Å². The number of nitrogens with zero attached hydrogens (tertiary/aromatic N) is 2. The molecule has 9 heteroatoms. The molecule has 0 aliphatic rings. The molecule has 0 radical (unpaired) electrons. The number of fused-ring (bicyclic) bond motifs is 1. The summed E-state index contributed by atoms with van der Waals surface area (Å²) in [6.45, 7) is 4.06. The van der Waals surface area contributed by atoms with Gasteiger partial charge in [0.2, 0.25) is 0 Å². The molecule has 1 N–H and O–H groups in total. The third-order valence-corrected chi connectivity index (χ3v) is 5.65. The minimum atomic E-state index is -4.30. The maximum atomic E-state index is 12.4. The fraction of sp³-hybridized carbons (Fsp3) is 0.200. The minimum absolute atomic E-state index is 0.0502. The van der Waals surface area contributed by atoms with Crippen LogP contribution in [0.2, 0.25) is 0 Å². The molecule has 5 nitrogen and oxygen atoms in total. The van der Waals surface area contributed by atoms with Crippen molar-refractivity contribution < 1.29 is 22.7 Å². The van der Waals surface area contributed by atoms with Crippen LogP contribution in [0.15, 0.2) is 78.0 Å². The monoisotopic (exact) mass is 485 g/mol. The predicted octanol–water partition coefficient (Wildman–Crippen LogP) is 6.35. The van der Waals surface area contributed by atoms with E-state index in [-0.39, 0.29) is 35.2 Å². The average molecular weight is 486 g/mol. The molecular weight excluding hydrogens is 463 g/mol. The minimum Gasteiger partial charge on any atom is -0.489 e. The second-order valence-electron chi connectivity index (χ2n) is 7.92. The van der Waals surface area contributed by atoms with E-state index in [4.69, 9.17) is 4.74 Å². The molecule has 0 fully saturated rings. The second kappa shape index (κ2) is 9.80. The van der Waals surface area contributed by atoms with Gasteiger partial charge < -0.3 is 10.1 Å². The number of nitrogens with one attached hydrogen (secondary N) is 1. The van der Waals surface area contributed by atoms with Gasteiger partial charge in [-0.1, -0.05) is 12.1 Å². The van der Waals surface area contributed by atoms with E-state index in [1.165, 1.54) is 12.1 Å². The van der Waals surface area contributed by atoms with Crippen LogP contribution in [0.3, 0.4) is 0 Å². The van der Waals surface area contributed by atoms with E-state index in [1.807, 2.05) is 48.7 Å². The van der Waals surface area contributed by atoms with Gasteiger partial charge in [-0.15, -0.1) is 0 Å². The molecule has 34 heavy (non-hydrogen) atoms. The summed E-state index contributed by atoms with van der Waals surface area (Å²) in [6, 6.07) is 19.0. The molecule has 1 amide bonds. The third kappa shape index (κ3) is 5.91. The highest BCUT2D eigenvalue weighted by Gasteiger charge is 2.29. The van der Waals surface area contributed by atoms with Crippen molar-refractivity contribution in [2.75, 3.05) is 0 Å². The lowest BCUT2D eigenvalue weighted by molar-refractivity contribution is -0.0328. The number of hydrogen-bond donors (Lipinski definition) is 1. The van der Waals surface area contributed by atoms with E-state index >= 15 is 0 Å². The molecule has 0 aliphatic carbocycles. The number of benzene rings is 3. The van der Waals surface area contributed by atoms with Gasteiger partial charge in [0.05, 0.1) is 11.0 Å². The molecule has 1 heterocycles. The van der Waals surface area contributed by atoms with Gasteiger partial charge in [-0.05, 0) is 85.8 Å². The standard InChI is InChI=1S/C25H22F3N3O2S/c1-16(2)30-24(32)18-5-12-23-22(13-18)29-15-31(23)19-6-8-20(9-7-19)33-14-17-3-10-21(11-4-17)34-25(26,27)28/h3-13,15-16H,14H2,1-2H3,(H,30,32). The second-order valence-corrected chi connectivity index (χ2v) is 9.06. The summed E-state index contributed by atoms with van der Waals surface area (Å²) in [6.07, 6.45) is 1.70. The normalized spacial score (nSPS) is 11.7. The summed E-state index contributed by atoms with van der Waals surface area (Å²) in [4.78, 5) is 16.8. The van der Waals surface area contributed by atoms with Crippen molar-refractivity contribution in [1.29, 1.82) is 0 Å². The SMILES string of the molecule is CC(C)NC(=O)c1ccc2c(c1)ncn2-c1ccc(OCc2ccc(SC(F)(F)F)cc2)cc1. The van der Waals surface area contributed by atoms with Gasteiger partial charge >= 0.3 is 5.51 Å². The quantitative estimate of drug-likeness (QED) is 0.310. The van der Waals surface area contributed by atoms with E-state index in [0.29, 0.717) is 16.8 Å². The third-order valence-electron chi connectivity index (χ3n) is 4.91. The highest BCUT2D eigenvalue weighted by atomic mass is 32.2. The van der Waals surface area contributed by atoms with Crippen LogP contribution in [0.5, 0.6) is 5.75 Å². The number of rotatable bonds is 7. The van der Waals surface area contributed by atoms with E-state index in [1.54, 1.807) is 30.6 Å². The Morgan fingerprint density at radius 2 is 1.76 bits per heavy atom. The molecule has 0 aliphatic heterocycles. The van der Waals surface area contributed by atoms with Crippen molar-refractivity contribution in [2.45, 2.75) is 36.9 Å². The van der Waals surface area contributed by atoms with Crippen LogP contribution in [-0.4, -0.2) is 27.0 Å². The molecule has 4 rings (SSSR count). The van der Waals surface area contributed by atoms with Gasteiger partial charge in [-0.2, -0.15) is 13.2 Å². The molecule has 0 saturated heterocycles. The van der Waals surface area contributed by atoms with Crippen LogP contribution in [0.1, 0.15) is 29.8 Å². The summed E-state index contributed by atoms with van der Waals surface area (Å²) >= 11 is -0.139. The summed E-state index contributed by atoms with van der Waals surface area (Å²) in [5.74, 6) is 0.497. The van der Waals surface area contributed by atoms with Crippen LogP contribution in [0.4, 0.5) is 13.2 Å². The van der Waals surface area contributed by atoms with Gasteiger partial charge in [0.15, 0.2) is 0 Å². The lowest BCUT2D eigenvalue weighted by Gasteiger charge is -2.10. The number of amides is 1. The lowest BCUT2D eigenvalue weighted by atomic mass is 10.1. The lowest BCUT2D eigenvalue weighted by Crippen LogP contribution is -2.29. The number of carbonyl (C=O) groups excluding carboxylic acids is 1. The number of alkyl halides is 3. The molecule has 0 atom stereocenters. The molecule has 0 spiro atoms. The van der Waals surface area contributed by atoms with E-state index in [9.17, 15) is 18.0 Å². The Balaban J connectivity index is 1.42. The predicted molar refractivity (Wildman–Crippen MR) is 126 cm³/mol. The Kier molecular flexibility index (Phi) is 6.83. The number of ether oxygens (including phenoxy) is 1. The number of halogens is 3. The zero-order chi connectivity index (χ0) is 24.3. The molecule has 3 aromatic carbocycles. The van der Waals surface area contributed by atoms with Gasteiger partial charge in [-0.3, -0.25) is 9.36 Å². The summed E-state index contributed by atoms with van der Waals surface area (Å²) in [5, 5.41) is 2.87. The van der Waals surface area contributed by atoms with Crippen molar-refractivity contribution >= 4 is 28.7 Å². The zero-order valence-corrected chi connectivity index (χ0v) is 19.3. The van der Waals surface area contributed by atoms with Crippen molar-refractivity contribution in [1.82, 2.24) is 14.9 Å². The summed E-state index contributed by atoms with van der Waals surface area (Å²) in [5.41, 5.74) is -0.516. The number of hydrogen-bond acceptors (Lipinski definition) is 4. The maximum Gasteiger partial charge on any atom is 0.446 e. The largest absolute Gasteiger partial charge is 0.489 e. The van der Waals surface area contributed by atoms with E-state index in [2.05, 4.69) is 10.3 Å². The van der Waals surface area contributed by atoms with E-state index in [0.717, 1.165) is 16.8 Å². The molecule has 4 aromatic rings. The number of imidazole rings is 1. The van der Waals surface area contributed by atoms with Crippen LogP contribution in [0, 0.1) is 0 Å². The molecule has 1 aromatic heterocycles. The van der Waals surface area contributed by atoms with Crippen LogP contribution >= 0.6 is 11.8 Å². The summed E-state index contributed by atoms with van der Waals surface area (Å²) in [7, 11) is 0. The number of carbonyl (C=O) groups is 1. The Morgan fingerprint density at radius 3 is 2.41 bits per heavy atom. The molecular formula is C25H22F3N3O2S. The Hall–Kier alpha value is -3.46. The highest BCUT2D eigenvalue weighted by molar-refractivity contribution is 8.00.